The van der Waals surface area contributed by atoms with Crippen LogP contribution in [0.1, 0.15) is 31.8 Å². The second kappa shape index (κ2) is 13.9. The van der Waals surface area contributed by atoms with Crippen LogP contribution in [0.15, 0.2) is 103 Å². The number of methoxy groups -OCH3 is 2. The van der Waals surface area contributed by atoms with Gasteiger partial charge in [0.2, 0.25) is 0 Å². The van der Waals surface area contributed by atoms with E-state index < -0.39 is 17.6 Å². The number of halogens is 2. The number of allylic oxidation sites excluding steroid dienone is 1. The maximum Gasteiger partial charge on any atom is 0.272 e. The minimum absolute atomic E-state index is 0.0553. The number of anilines is 1. The van der Waals surface area contributed by atoms with E-state index in [4.69, 9.17) is 21.1 Å². The normalized spacial score (nSPS) is 11.2. The molecular formula is C33H26ClFN2O5. The van der Waals surface area contributed by atoms with Gasteiger partial charge in [-0.3, -0.25) is 14.4 Å². The van der Waals surface area contributed by atoms with E-state index in [1.807, 2.05) is 0 Å². The predicted molar refractivity (Wildman–Crippen MR) is 161 cm³/mol. The van der Waals surface area contributed by atoms with Gasteiger partial charge in [0.25, 0.3) is 11.8 Å². The molecule has 0 saturated carbocycles. The van der Waals surface area contributed by atoms with Crippen LogP contribution < -0.4 is 20.1 Å². The largest absolute Gasteiger partial charge is 0.497 e. The summed E-state index contributed by atoms with van der Waals surface area (Å²) in [6.45, 7) is 0. The summed E-state index contributed by atoms with van der Waals surface area (Å²) >= 11 is 6.02. The van der Waals surface area contributed by atoms with Crippen molar-refractivity contribution < 1.29 is 28.2 Å². The zero-order valence-corrected chi connectivity index (χ0v) is 23.4. The van der Waals surface area contributed by atoms with Crippen LogP contribution in [0, 0.1) is 5.82 Å². The monoisotopic (exact) mass is 584 g/mol. The van der Waals surface area contributed by atoms with Gasteiger partial charge in [-0.1, -0.05) is 35.9 Å². The summed E-state index contributed by atoms with van der Waals surface area (Å²) in [5, 5.41) is 5.59. The van der Waals surface area contributed by atoms with Crippen molar-refractivity contribution in [1.82, 2.24) is 5.32 Å². The number of rotatable bonds is 10. The van der Waals surface area contributed by atoms with Gasteiger partial charge in [-0.05, 0) is 85.0 Å². The van der Waals surface area contributed by atoms with E-state index >= 15 is 0 Å². The maximum atomic E-state index is 14.0. The standard InChI is InChI=1S/C33H26ClFN2O5/c1-41-25-15-18-31(42-2)23(19-25)20-29(37-32(39)22-7-4-3-5-8-22)33(40)36-24-13-11-21(12-14-24)30(38)17-16-26-27(34)9-6-10-28(26)35/h3-20H,1-2H3,(H,36,40)(H,37,39)/b17-16+,29-20-. The van der Waals surface area contributed by atoms with Gasteiger partial charge in [0.1, 0.15) is 23.0 Å². The molecule has 2 N–H and O–H groups in total. The number of hydrogen-bond donors (Lipinski definition) is 2. The van der Waals surface area contributed by atoms with Gasteiger partial charge in [0, 0.05) is 27.9 Å². The molecule has 0 unspecified atom stereocenters. The summed E-state index contributed by atoms with van der Waals surface area (Å²) in [7, 11) is 3.00. The highest BCUT2D eigenvalue weighted by Gasteiger charge is 2.17. The molecule has 2 amide bonds. The Hall–Kier alpha value is -5.21. The second-order valence-corrected chi connectivity index (χ2v) is 9.26. The van der Waals surface area contributed by atoms with E-state index in [0.29, 0.717) is 33.9 Å². The summed E-state index contributed by atoms with van der Waals surface area (Å²) in [5.41, 5.74) is 1.60. The van der Waals surface area contributed by atoms with Gasteiger partial charge < -0.3 is 20.1 Å². The Kier molecular flexibility index (Phi) is 9.86. The van der Waals surface area contributed by atoms with Gasteiger partial charge in [-0.15, -0.1) is 0 Å². The molecule has 212 valence electrons. The fourth-order valence-corrected chi connectivity index (χ4v) is 4.12. The number of carbonyl (C=O) groups is 3. The first-order valence-electron chi connectivity index (χ1n) is 12.7. The Morgan fingerprint density at radius 2 is 1.57 bits per heavy atom. The van der Waals surface area contributed by atoms with Gasteiger partial charge in [0.05, 0.1) is 19.2 Å². The molecule has 0 saturated heterocycles. The SMILES string of the molecule is COc1ccc(OC)c(/C=C(\NC(=O)c2ccccc2)C(=O)Nc2ccc(C(=O)/C=C/c3c(F)cccc3Cl)cc2)c1. The molecular weight excluding hydrogens is 559 g/mol. The molecule has 0 aliphatic rings. The average Bonchev–Trinajstić information content (AvgIpc) is 3.01. The van der Waals surface area contributed by atoms with Crippen LogP contribution in [0.25, 0.3) is 12.2 Å². The predicted octanol–water partition coefficient (Wildman–Crippen LogP) is 6.80. The van der Waals surface area contributed by atoms with Crippen molar-refractivity contribution in [3.8, 4) is 11.5 Å². The zero-order valence-electron chi connectivity index (χ0n) is 22.7. The molecule has 4 rings (SSSR count). The number of nitrogens with one attached hydrogen (secondary N) is 2. The lowest BCUT2D eigenvalue weighted by Gasteiger charge is -2.13. The summed E-state index contributed by atoms with van der Waals surface area (Å²) < 4.78 is 24.7. The first kappa shape index (κ1) is 29.8. The Morgan fingerprint density at radius 1 is 0.833 bits per heavy atom. The molecule has 0 radical (unpaired) electrons. The average molecular weight is 585 g/mol. The lowest BCUT2D eigenvalue weighted by Crippen LogP contribution is -2.30. The molecule has 7 nitrogen and oxygen atoms in total. The van der Waals surface area contributed by atoms with Gasteiger partial charge in [0.15, 0.2) is 5.78 Å². The molecule has 0 spiro atoms. The highest BCUT2D eigenvalue weighted by atomic mass is 35.5. The second-order valence-electron chi connectivity index (χ2n) is 8.85. The Bertz CT molecular complexity index is 1650. The number of benzene rings is 4. The molecule has 0 aliphatic carbocycles. The van der Waals surface area contributed by atoms with Gasteiger partial charge in [-0.25, -0.2) is 4.39 Å². The van der Waals surface area contributed by atoms with Gasteiger partial charge in [-0.2, -0.15) is 0 Å². The van der Waals surface area contributed by atoms with Crippen molar-refractivity contribution in [1.29, 1.82) is 0 Å². The molecule has 0 aromatic heterocycles. The van der Waals surface area contributed by atoms with E-state index in [9.17, 15) is 18.8 Å². The van der Waals surface area contributed by atoms with Crippen LogP contribution in [-0.2, 0) is 4.79 Å². The van der Waals surface area contributed by atoms with Crippen molar-refractivity contribution >= 4 is 47.0 Å². The van der Waals surface area contributed by atoms with Crippen molar-refractivity contribution in [3.63, 3.8) is 0 Å². The Balaban J connectivity index is 1.56. The van der Waals surface area contributed by atoms with Crippen LogP contribution in [0.4, 0.5) is 10.1 Å². The van der Waals surface area contributed by atoms with E-state index in [-0.39, 0.29) is 22.1 Å². The first-order chi connectivity index (χ1) is 20.3. The Labute approximate surface area is 247 Å². The van der Waals surface area contributed by atoms with E-state index in [1.54, 1.807) is 48.5 Å². The number of ether oxygens (including phenoxy) is 2. The summed E-state index contributed by atoms with van der Waals surface area (Å²) in [6, 6.07) is 23.9. The molecule has 0 aliphatic heterocycles. The highest BCUT2D eigenvalue weighted by Crippen LogP contribution is 2.26. The van der Waals surface area contributed by atoms with Crippen LogP contribution >= 0.6 is 11.6 Å². The number of ketones is 1. The topological polar surface area (TPSA) is 93.7 Å². The minimum atomic E-state index is -0.614. The number of hydrogen-bond acceptors (Lipinski definition) is 5. The fourth-order valence-electron chi connectivity index (χ4n) is 3.89. The van der Waals surface area contributed by atoms with Gasteiger partial charge >= 0.3 is 0 Å². The van der Waals surface area contributed by atoms with E-state index in [2.05, 4.69) is 10.6 Å². The quantitative estimate of drug-likeness (QED) is 0.158. The first-order valence-corrected chi connectivity index (χ1v) is 13.0. The van der Waals surface area contributed by atoms with Crippen LogP contribution in [0.2, 0.25) is 5.02 Å². The molecule has 42 heavy (non-hydrogen) atoms. The third-order valence-corrected chi connectivity index (χ3v) is 6.42. The lowest BCUT2D eigenvalue weighted by atomic mass is 10.1. The smallest absolute Gasteiger partial charge is 0.272 e. The fraction of sp³-hybridized carbons (Fsp3) is 0.0606. The van der Waals surface area contributed by atoms with Crippen molar-refractivity contribution in [3.05, 3.63) is 136 Å². The minimum Gasteiger partial charge on any atom is -0.497 e. The molecule has 0 heterocycles. The van der Waals surface area contributed by atoms with Crippen LogP contribution in [0.3, 0.4) is 0 Å². The van der Waals surface area contributed by atoms with Crippen molar-refractivity contribution in [2.45, 2.75) is 0 Å². The van der Waals surface area contributed by atoms with E-state index in [1.165, 1.54) is 74.9 Å². The number of carbonyl (C=O) groups excluding carboxylic acids is 3. The third kappa shape index (κ3) is 7.50. The molecule has 0 fully saturated rings. The summed E-state index contributed by atoms with van der Waals surface area (Å²) in [5.74, 6) is -1.03. The zero-order chi connectivity index (χ0) is 30.1. The molecule has 4 aromatic rings. The van der Waals surface area contributed by atoms with Crippen molar-refractivity contribution in [2.24, 2.45) is 0 Å². The third-order valence-electron chi connectivity index (χ3n) is 6.09. The number of amides is 2. The summed E-state index contributed by atoms with van der Waals surface area (Å²) in [6.07, 6.45) is 4.02. The van der Waals surface area contributed by atoms with Crippen LogP contribution in [-0.4, -0.2) is 31.8 Å². The molecule has 0 atom stereocenters. The highest BCUT2D eigenvalue weighted by molar-refractivity contribution is 6.32. The molecule has 0 bridgehead atoms. The van der Waals surface area contributed by atoms with E-state index in [0.717, 1.165) is 0 Å². The maximum absolute atomic E-state index is 14.0. The van der Waals surface area contributed by atoms with Crippen LogP contribution in [0.5, 0.6) is 11.5 Å². The Morgan fingerprint density at radius 3 is 2.24 bits per heavy atom. The summed E-state index contributed by atoms with van der Waals surface area (Å²) in [4.78, 5) is 39.0. The molecule has 9 heteroatoms. The molecule has 4 aromatic carbocycles. The van der Waals surface area contributed by atoms with Crippen molar-refractivity contribution in [2.75, 3.05) is 19.5 Å². The lowest BCUT2D eigenvalue weighted by molar-refractivity contribution is -0.113.